The summed E-state index contributed by atoms with van der Waals surface area (Å²) >= 11 is 4.90. The molecule has 142 valence electrons. The summed E-state index contributed by atoms with van der Waals surface area (Å²) in [5.74, 6) is -0.877. The lowest BCUT2D eigenvalue weighted by Crippen LogP contribution is -2.39. The molecule has 0 saturated carbocycles. The number of halogens is 2. The van der Waals surface area contributed by atoms with E-state index in [2.05, 4.69) is 39.7 Å². The maximum absolute atomic E-state index is 14.2. The van der Waals surface area contributed by atoms with E-state index in [1.165, 1.54) is 23.5 Å². The third kappa shape index (κ3) is 4.54. The van der Waals surface area contributed by atoms with Crippen LogP contribution < -0.4 is 4.90 Å². The summed E-state index contributed by atoms with van der Waals surface area (Å²) in [6, 6.07) is 11.9. The molecule has 1 aromatic heterocycles. The van der Waals surface area contributed by atoms with Gasteiger partial charge in [0.1, 0.15) is 5.82 Å². The fourth-order valence-corrected chi connectivity index (χ4v) is 4.39. The summed E-state index contributed by atoms with van der Waals surface area (Å²) in [6.45, 7) is 7.11. The van der Waals surface area contributed by atoms with E-state index in [0.29, 0.717) is 18.2 Å². The quantitative estimate of drug-likeness (QED) is 0.498. The zero-order valence-corrected chi connectivity index (χ0v) is 17.7. The van der Waals surface area contributed by atoms with Crippen molar-refractivity contribution < 1.29 is 9.18 Å². The molecule has 0 saturated heterocycles. The van der Waals surface area contributed by atoms with Crippen LogP contribution in [-0.4, -0.2) is 42.0 Å². The number of fused-ring (bicyclic) bond motifs is 1. The number of likely N-dealkylation sites (N-methyl/N-ethyl adjacent to an activating group) is 1. The molecular formula is C20H21BrFN3OS. The molecule has 0 fully saturated rings. The van der Waals surface area contributed by atoms with Gasteiger partial charge in [0.25, 0.3) is 5.91 Å². The summed E-state index contributed by atoms with van der Waals surface area (Å²) in [5, 5.41) is 0.587. The van der Waals surface area contributed by atoms with Gasteiger partial charge in [0, 0.05) is 17.6 Å². The molecule has 2 aromatic carbocycles. The monoisotopic (exact) mass is 449 g/mol. The molecular weight excluding hydrogens is 429 g/mol. The lowest BCUT2D eigenvalue weighted by Gasteiger charge is -2.24. The van der Waals surface area contributed by atoms with E-state index in [-0.39, 0.29) is 11.5 Å². The largest absolute Gasteiger partial charge is 0.302 e. The topological polar surface area (TPSA) is 36.4 Å². The van der Waals surface area contributed by atoms with E-state index in [4.69, 9.17) is 0 Å². The van der Waals surface area contributed by atoms with Gasteiger partial charge in [0.05, 0.1) is 15.8 Å². The van der Waals surface area contributed by atoms with Crippen LogP contribution in [0.2, 0.25) is 0 Å². The van der Waals surface area contributed by atoms with E-state index in [1.54, 1.807) is 17.0 Å². The van der Waals surface area contributed by atoms with Crippen LogP contribution >= 0.6 is 27.3 Å². The van der Waals surface area contributed by atoms with Gasteiger partial charge < -0.3 is 4.90 Å². The van der Waals surface area contributed by atoms with Crippen molar-refractivity contribution in [3.05, 3.63) is 58.3 Å². The molecule has 1 amide bonds. The van der Waals surface area contributed by atoms with Crippen LogP contribution in [-0.2, 0) is 0 Å². The van der Waals surface area contributed by atoms with Gasteiger partial charge >= 0.3 is 0 Å². The summed E-state index contributed by atoms with van der Waals surface area (Å²) in [7, 11) is 0. The Morgan fingerprint density at radius 2 is 1.89 bits per heavy atom. The summed E-state index contributed by atoms with van der Waals surface area (Å²) in [6.07, 6.45) is 0. The van der Waals surface area contributed by atoms with Crippen LogP contribution in [0.25, 0.3) is 10.2 Å². The predicted molar refractivity (Wildman–Crippen MR) is 113 cm³/mol. The van der Waals surface area contributed by atoms with E-state index in [9.17, 15) is 9.18 Å². The second-order valence-electron chi connectivity index (χ2n) is 6.07. The van der Waals surface area contributed by atoms with Crippen LogP contribution in [0, 0.1) is 5.82 Å². The Balaban J connectivity index is 1.97. The number of anilines is 1. The van der Waals surface area contributed by atoms with Crippen molar-refractivity contribution in [2.75, 3.05) is 31.1 Å². The Morgan fingerprint density at radius 1 is 1.15 bits per heavy atom. The molecule has 1 heterocycles. The fourth-order valence-electron chi connectivity index (χ4n) is 2.85. The van der Waals surface area contributed by atoms with Crippen molar-refractivity contribution in [2.45, 2.75) is 13.8 Å². The number of hydrogen-bond acceptors (Lipinski definition) is 4. The number of aromatic nitrogens is 1. The second-order valence-corrected chi connectivity index (χ2v) is 8.00. The number of rotatable bonds is 7. The lowest BCUT2D eigenvalue weighted by molar-refractivity contribution is 0.0980. The van der Waals surface area contributed by atoms with Gasteiger partial charge in [0.15, 0.2) is 5.13 Å². The first-order valence-corrected chi connectivity index (χ1v) is 10.5. The van der Waals surface area contributed by atoms with Crippen molar-refractivity contribution in [1.29, 1.82) is 0 Å². The molecule has 0 N–H and O–H groups in total. The Hall–Kier alpha value is -1.83. The molecule has 0 aliphatic rings. The lowest BCUT2D eigenvalue weighted by atomic mass is 10.2. The van der Waals surface area contributed by atoms with E-state index in [1.807, 2.05) is 18.2 Å². The molecule has 0 radical (unpaired) electrons. The highest BCUT2D eigenvalue weighted by atomic mass is 79.9. The highest BCUT2D eigenvalue weighted by molar-refractivity contribution is 9.10. The first-order chi connectivity index (χ1) is 13.0. The molecule has 0 atom stereocenters. The second kappa shape index (κ2) is 8.91. The molecule has 0 spiro atoms. The Bertz CT molecular complexity index is 942. The number of amides is 1. The molecule has 0 unspecified atom stereocenters. The zero-order chi connectivity index (χ0) is 19.4. The molecule has 4 nitrogen and oxygen atoms in total. The van der Waals surface area contributed by atoms with Crippen molar-refractivity contribution in [3.63, 3.8) is 0 Å². The maximum Gasteiger partial charge on any atom is 0.263 e. The van der Waals surface area contributed by atoms with Gasteiger partial charge in [-0.2, -0.15) is 0 Å². The first-order valence-electron chi connectivity index (χ1n) is 8.88. The number of carbonyl (C=O) groups is 1. The normalized spacial score (nSPS) is 11.3. The molecule has 3 rings (SSSR count). The summed E-state index contributed by atoms with van der Waals surface area (Å²) < 4.78 is 16.2. The third-order valence-electron chi connectivity index (χ3n) is 4.45. The molecule has 3 aromatic rings. The van der Waals surface area contributed by atoms with Crippen LogP contribution in [0.5, 0.6) is 0 Å². The minimum atomic E-state index is -0.515. The van der Waals surface area contributed by atoms with Crippen molar-refractivity contribution in [2.24, 2.45) is 0 Å². The Kier molecular flexibility index (Phi) is 6.57. The van der Waals surface area contributed by atoms with Crippen LogP contribution in [0.15, 0.2) is 46.9 Å². The standard InChI is InChI=1S/C20H21BrFN3OS/c1-3-24(4-2)11-12-25(19(26)15-7-5-6-8-16(15)22)20-23-17-10-9-14(21)13-18(17)27-20/h5-10,13H,3-4,11-12H2,1-2H3. The van der Waals surface area contributed by atoms with Gasteiger partial charge in [-0.1, -0.05) is 53.2 Å². The number of thiazole rings is 1. The van der Waals surface area contributed by atoms with Gasteiger partial charge in [-0.15, -0.1) is 0 Å². The van der Waals surface area contributed by atoms with Crippen LogP contribution in [0.4, 0.5) is 9.52 Å². The number of carbonyl (C=O) groups excluding carboxylic acids is 1. The highest BCUT2D eigenvalue weighted by Crippen LogP contribution is 2.31. The molecule has 0 bridgehead atoms. The van der Waals surface area contributed by atoms with Crippen molar-refractivity contribution in [1.82, 2.24) is 9.88 Å². The maximum atomic E-state index is 14.2. The van der Waals surface area contributed by atoms with Gasteiger partial charge in [-0.3, -0.25) is 9.69 Å². The zero-order valence-electron chi connectivity index (χ0n) is 15.3. The molecule has 7 heteroatoms. The minimum Gasteiger partial charge on any atom is -0.302 e. The highest BCUT2D eigenvalue weighted by Gasteiger charge is 2.24. The number of benzene rings is 2. The average molecular weight is 450 g/mol. The Morgan fingerprint density at radius 3 is 2.59 bits per heavy atom. The molecule has 27 heavy (non-hydrogen) atoms. The summed E-state index contributed by atoms with van der Waals surface area (Å²) in [4.78, 5) is 21.6. The Labute approximate surface area is 170 Å². The fraction of sp³-hybridized carbons (Fsp3) is 0.300. The van der Waals surface area contributed by atoms with Crippen molar-refractivity contribution in [3.8, 4) is 0 Å². The van der Waals surface area contributed by atoms with E-state index < -0.39 is 5.82 Å². The molecule has 0 aliphatic carbocycles. The van der Waals surface area contributed by atoms with Gasteiger partial charge in [-0.05, 0) is 43.4 Å². The van der Waals surface area contributed by atoms with Gasteiger partial charge in [-0.25, -0.2) is 9.37 Å². The summed E-state index contributed by atoms with van der Waals surface area (Å²) in [5.41, 5.74) is 0.893. The third-order valence-corrected chi connectivity index (χ3v) is 5.99. The van der Waals surface area contributed by atoms with E-state index in [0.717, 1.165) is 27.8 Å². The molecule has 0 aliphatic heterocycles. The van der Waals surface area contributed by atoms with E-state index >= 15 is 0 Å². The average Bonchev–Trinajstić information content (AvgIpc) is 3.08. The predicted octanol–water partition coefficient (Wildman–Crippen LogP) is 5.19. The van der Waals surface area contributed by atoms with Crippen LogP contribution in [0.3, 0.4) is 0 Å². The van der Waals surface area contributed by atoms with Crippen LogP contribution in [0.1, 0.15) is 24.2 Å². The minimum absolute atomic E-state index is 0.0671. The number of hydrogen-bond donors (Lipinski definition) is 0. The number of nitrogens with zero attached hydrogens (tertiary/aromatic N) is 3. The first kappa shape index (κ1) is 19.9. The SMILES string of the molecule is CCN(CC)CCN(C(=O)c1ccccc1F)c1nc2ccc(Br)cc2s1. The van der Waals surface area contributed by atoms with Gasteiger partial charge in [0.2, 0.25) is 0 Å². The smallest absolute Gasteiger partial charge is 0.263 e. The van der Waals surface area contributed by atoms with Crippen molar-refractivity contribution >= 4 is 48.5 Å².